The van der Waals surface area contributed by atoms with Gasteiger partial charge in [0.25, 0.3) is 0 Å². The number of rotatable bonds is 6. The highest BCUT2D eigenvalue weighted by atomic mass is 79.9. The molecule has 4 nitrogen and oxygen atoms in total. The van der Waals surface area contributed by atoms with Crippen molar-refractivity contribution in [1.82, 2.24) is 0 Å². The lowest BCUT2D eigenvalue weighted by Crippen LogP contribution is -2.06. The fourth-order valence-electron chi connectivity index (χ4n) is 1.93. The highest BCUT2D eigenvalue weighted by Crippen LogP contribution is 2.37. The van der Waals surface area contributed by atoms with E-state index in [4.69, 9.17) is 14.2 Å². The highest BCUT2D eigenvalue weighted by molar-refractivity contribution is 9.10. The average Bonchev–Trinajstić information content (AvgIpc) is 2.54. The summed E-state index contributed by atoms with van der Waals surface area (Å²) >= 11 is 3.37. The molecular formula is C17H16BrFO4. The van der Waals surface area contributed by atoms with Crippen LogP contribution in [0.4, 0.5) is 4.39 Å². The Balaban J connectivity index is 2.20. The van der Waals surface area contributed by atoms with Gasteiger partial charge in [-0.15, -0.1) is 0 Å². The van der Waals surface area contributed by atoms with Crippen molar-refractivity contribution in [3.8, 4) is 11.5 Å². The van der Waals surface area contributed by atoms with E-state index in [-0.39, 0.29) is 12.4 Å². The fourth-order valence-corrected chi connectivity index (χ4v) is 2.48. The highest BCUT2D eigenvalue weighted by Gasteiger charge is 2.16. The monoisotopic (exact) mass is 382 g/mol. The Kier molecular flexibility index (Phi) is 5.98. The number of hydrogen-bond donors (Lipinski definition) is 0. The molecule has 0 spiro atoms. The molecule has 122 valence electrons. The quantitative estimate of drug-likeness (QED) is 0.696. The minimum absolute atomic E-state index is 0.244. The number of benzene rings is 2. The number of esters is 1. The zero-order chi connectivity index (χ0) is 16.8. The molecule has 0 atom stereocenters. The van der Waals surface area contributed by atoms with Crippen LogP contribution in [0.5, 0.6) is 11.5 Å². The molecule has 0 aliphatic heterocycles. The van der Waals surface area contributed by atoms with Crippen LogP contribution in [0.2, 0.25) is 0 Å². The van der Waals surface area contributed by atoms with E-state index >= 15 is 0 Å². The van der Waals surface area contributed by atoms with E-state index in [2.05, 4.69) is 15.9 Å². The van der Waals surface area contributed by atoms with Crippen LogP contribution in [-0.2, 0) is 11.3 Å². The van der Waals surface area contributed by atoms with Crippen molar-refractivity contribution in [3.05, 3.63) is 57.8 Å². The summed E-state index contributed by atoms with van der Waals surface area (Å²) in [5, 5.41) is 0. The Morgan fingerprint density at radius 3 is 2.52 bits per heavy atom. The summed E-state index contributed by atoms with van der Waals surface area (Å²) in [5.74, 6) is 0.136. The molecule has 0 radical (unpaired) electrons. The van der Waals surface area contributed by atoms with Gasteiger partial charge < -0.3 is 14.2 Å². The van der Waals surface area contributed by atoms with Crippen LogP contribution in [0, 0.1) is 5.82 Å². The van der Waals surface area contributed by atoms with Crippen LogP contribution in [0.3, 0.4) is 0 Å². The Hall–Kier alpha value is -2.08. The minimum Gasteiger partial charge on any atom is -0.493 e. The van der Waals surface area contributed by atoms with Gasteiger partial charge in [0.1, 0.15) is 12.4 Å². The number of halogens is 2. The van der Waals surface area contributed by atoms with E-state index in [9.17, 15) is 9.18 Å². The summed E-state index contributed by atoms with van der Waals surface area (Å²) in [6, 6.07) is 9.19. The molecule has 0 unspecified atom stereocenters. The van der Waals surface area contributed by atoms with Crippen LogP contribution in [0.25, 0.3) is 0 Å². The zero-order valence-corrected chi connectivity index (χ0v) is 14.4. The summed E-state index contributed by atoms with van der Waals surface area (Å²) in [6.45, 7) is 2.28. The van der Waals surface area contributed by atoms with Gasteiger partial charge >= 0.3 is 5.97 Å². The lowest BCUT2D eigenvalue weighted by Gasteiger charge is -2.14. The molecule has 23 heavy (non-hydrogen) atoms. The Labute approximate surface area is 142 Å². The van der Waals surface area contributed by atoms with E-state index in [1.807, 2.05) is 0 Å². The maximum absolute atomic E-state index is 12.9. The Bertz CT molecular complexity index is 686. The molecule has 0 bridgehead atoms. The number of carbonyl (C=O) groups is 1. The molecule has 0 N–H and O–H groups in total. The van der Waals surface area contributed by atoms with Crippen LogP contribution < -0.4 is 9.47 Å². The van der Waals surface area contributed by atoms with Gasteiger partial charge in [-0.1, -0.05) is 12.1 Å². The normalized spacial score (nSPS) is 10.3. The SMILES string of the molecule is CCOC(=O)c1cc(Br)c(OCc2ccc(F)cc2)c(OC)c1. The minimum atomic E-state index is -0.434. The molecular weight excluding hydrogens is 367 g/mol. The van der Waals surface area contributed by atoms with Crippen molar-refractivity contribution < 1.29 is 23.4 Å². The maximum atomic E-state index is 12.9. The average molecular weight is 383 g/mol. The Morgan fingerprint density at radius 1 is 1.22 bits per heavy atom. The van der Waals surface area contributed by atoms with Gasteiger partial charge in [-0.25, -0.2) is 9.18 Å². The van der Waals surface area contributed by atoms with Crippen LogP contribution in [0.1, 0.15) is 22.8 Å². The second-order valence-corrected chi connectivity index (χ2v) is 5.48. The third-order valence-corrected chi connectivity index (χ3v) is 3.63. The standard InChI is InChI=1S/C17H16BrFO4/c1-3-22-17(20)12-8-14(18)16(15(9-12)21-2)23-10-11-4-6-13(19)7-5-11/h4-9H,3,10H2,1-2H3. The molecule has 2 aromatic carbocycles. The predicted molar refractivity (Wildman–Crippen MR) is 87.4 cm³/mol. The maximum Gasteiger partial charge on any atom is 0.338 e. The second kappa shape index (κ2) is 7.97. The molecule has 0 aliphatic rings. The summed E-state index contributed by atoms with van der Waals surface area (Å²) in [6.07, 6.45) is 0. The van der Waals surface area contributed by atoms with Gasteiger partial charge in [-0.05, 0) is 52.7 Å². The molecule has 2 aromatic rings. The fraction of sp³-hybridized carbons (Fsp3) is 0.235. The van der Waals surface area contributed by atoms with Crippen molar-refractivity contribution in [2.45, 2.75) is 13.5 Å². The topological polar surface area (TPSA) is 44.8 Å². The molecule has 0 fully saturated rings. The largest absolute Gasteiger partial charge is 0.493 e. The molecule has 6 heteroatoms. The third-order valence-electron chi connectivity index (χ3n) is 3.04. The van der Waals surface area contributed by atoms with E-state index in [1.165, 1.54) is 19.2 Å². The number of hydrogen-bond acceptors (Lipinski definition) is 4. The van der Waals surface area contributed by atoms with Gasteiger partial charge in [-0.2, -0.15) is 0 Å². The van der Waals surface area contributed by atoms with Gasteiger partial charge in [0.05, 0.1) is 23.8 Å². The van der Waals surface area contributed by atoms with Gasteiger partial charge in [0.15, 0.2) is 11.5 Å². The molecule has 0 aliphatic carbocycles. The molecule has 0 aromatic heterocycles. The third kappa shape index (κ3) is 4.45. The van der Waals surface area contributed by atoms with Crippen LogP contribution in [-0.4, -0.2) is 19.7 Å². The first kappa shape index (κ1) is 17.3. The van der Waals surface area contributed by atoms with Crippen LogP contribution in [0.15, 0.2) is 40.9 Å². The molecule has 2 rings (SSSR count). The van der Waals surface area contributed by atoms with E-state index in [0.717, 1.165) is 5.56 Å². The summed E-state index contributed by atoms with van der Waals surface area (Å²) in [7, 11) is 1.49. The molecule has 0 saturated heterocycles. The predicted octanol–water partition coefficient (Wildman–Crippen LogP) is 4.35. The number of methoxy groups -OCH3 is 1. The van der Waals surface area contributed by atoms with Crippen molar-refractivity contribution >= 4 is 21.9 Å². The van der Waals surface area contributed by atoms with Crippen molar-refractivity contribution in [1.29, 1.82) is 0 Å². The van der Waals surface area contributed by atoms with E-state index in [1.54, 1.807) is 31.2 Å². The van der Waals surface area contributed by atoms with Gasteiger partial charge in [0, 0.05) is 0 Å². The molecule has 0 saturated carbocycles. The molecule has 0 heterocycles. The number of carbonyl (C=O) groups excluding carboxylic acids is 1. The lowest BCUT2D eigenvalue weighted by atomic mass is 10.2. The van der Waals surface area contributed by atoms with E-state index < -0.39 is 5.97 Å². The first-order chi connectivity index (χ1) is 11.0. The lowest BCUT2D eigenvalue weighted by molar-refractivity contribution is 0.0525. The van der Waals surface area contributed by atoms with Crippen molar-refractivity contribution in [2.75, 3.05) is 13.7 Å². The Morgan fingerprint density at radius 2 is 1.91 bits per heavy atom. The van der Waals surface area contributed by atoms with Crippen molar-refractivity contribution in [3.63, 3.8) is 0 Å². The summed E-state index contributed by atoms with van der Waals surface area (Å²) < 4.78 is 29.5. The summed E-state index contributed by atoms with van der Waals surface area (Å²) in [5.41, 5.74) is 1.18. The zero-order valence-electron chi connectivity index (χ0n) is 12.8. The first-order valence-corrected chi connectivity index (χ1v) is 7.76. The van der Waals surface area contributed by atoms with Gasteiger partial charge in [0.2, 0.25) is 0 Å². The smallest absolute Gasteiger partial charge is 0.338 e. The first-order valence-electron chi connectivity index (χ1n) is 6.97. The second-order valence-electron chi connectivity index (χ2n) is 4.63. The van der Waals surface area contributed by atoms with Crippen molar-refractivity contribution in [2.24, 2.45) is 0 Å². The van der Waals surface area contributed by atoms with Crippen LogP contribution >= 0.6 is 15.9 Å². The molecule has 0 amide bonds. The summed E-state index contributed by atoms with van der Waals surface area (Å²) in [4.78, 5) is 11.8. The number of ether oxygens (including phenoxy) is 3. The van der Waals surface area contributed by atoms with E-state index in [0.29, 0.717) is 28.1 Å². The van der Waals surface area contributed by atoms with Gasteiger partial charge in [-0.3, -0.25) is 0 Å².